The molecule has 0 bridgehead atoms. The molecule has 28 heavy (non-hydrogen) atoms. The molecule has 3 atom stereocenters. The standard InChI is InChI=1S/C21H27N3O4/c25-18(24-12-11-21(28)10-4-3-5-14(21)13-24)9-8-17-20(27)22-16-7-2-1-6-15(16)19(26)23-17/h1-2,6-7,14,17,28H,3-5,8-13H2,(H,22,27)(H,23,26)/t14-,17-,21-/m0/s1. The van der Waals surface area contributed by atoms with Gasteiger partial charge in [-0.2, -0.15) is 0 Å². The van der Waals surface area contributed by atoms with Crippen LogP contribution >= 0.6 is 0 Å². The number of para-hydroxylation sites is 1. The molecule has 7 nitrogen and oxygen atoms in total. The van der Waals surface area contributed by atoms with Gasteiger partial charge >= 0.3 is 0 Å². The Bertz CT molecular complexity index is 796. The predicted molar refractivity (Wildman–Crippen MR) is 104 cm³/mol. The van der Waals surface area contributed by atoms with Gasteiger partial charge in [-0.1, -0.05) is 25.0 Å². The average Bonchev–Trinajstić information content (AvgIpc) is 2.81. The molecule has 2 aliphatic heterocycles. The number of anilines is 1. The maximum atomic E-state index is 12.7. The van der Waals surface area contributed by atoms with Crippen molar-refractivity contribution in [1.82, 2.24) is 10.2 Å². The van der Waals surface area contributed by atoms with Crippen LogP contribution in [0.3, 0.4) is 0 Å². The number of nitrogens with one attached hydrogen (secondary N) is 2. The van der Waals surface area contributed by atoms with Crippen molar-refractivity contribution in [3.8, 4) is 0 Å². The highest BCUT2D eigenvalue weighted by molar-refractivity contribution is 6.09. The molecule has 0 radical (unpaired) electrons. The highest BCUT2D eigenvalue weighted by Gasteiger charge is 2.43. The van der Waals surface area contributed by atoms with Gasteiger partial charge in [0.1, 0.15) is 6.04 Å². The number of hydrogen-bond acceptors (Lipinski definition) is 4. The predicted octanol–water partition coefficient (Wildman–Crippen LogP) is 1.67. The molecular formula is C21H27N3O4. The van der Waals surface area contributed by atoms with Gasteiger partial charge in [0.05, 0.1) is 16.9 Å². The van der Waals surface area contributed by atoms with Gasteiger partial charge in [0.15, 0.2) is 0 Å². The zero-order valence-corrected chi connectivity index (χ0v) is 15.9. The van der Waals surface area contributed by atoms with Crippen LogP contribution in [0.25, 0.3) is 0 Å². The molecule has 3 aliphatic rings. The summed E-state index contributed by atoms with van der Waals surface area (Å²) in [7, 11) is 0. The first kappa shape index (κ1) is 18.9. The lowest BCUT2D eigenvalue weighted by Gasteiger charge is -2.47. The minimum absolute atomic E-state index is 0.0172. The minimum Gasteiger partial charge on any atom is -0.389 e. The molecule has 0 unspecified atom stereocenters. The first-order chi connectivity index (χ1) is 13.5. The largest absolute Gasteiger partial charge is 0.389 e. The molecular weight excluding hydrogens is 358 g/mol. The third-order valence-corrected chi connectivity index (χ3v) is 6.48. The normalized spacial score (nSPS) is 29.8. The number of hydrogen-bond donors (Lipinski definition) is 3. The average molecular weight is 385 g/mol. The van der Waals surface area contributed by atoms with Crippen LogP contribution in [0.15, 0.2) is 24.3 Å². The lowest BCUT2D eigenvalue weighted by Crippen LogP contribution is -2.54. The molecule has 1 aliphatic carbocycles. The van der Waals surface area contributed by atoms with Crippen molar-refractivity contribution in [2.75, 3.05) is 18.4 Å². The molecule has 2 fully saturated rings. The van der Waals surface area contributed by atoms with Gasteiger partial charge in [-0.05, 0) is 37.8 Å². The van der Waals surface area contributed by atoms with Gasteiger partial charge < -0.3 is 20.6 Å². The fourth-order valence-corrected chi connectivity index (χ4v) is 4.74. The van der Waals surface area contributed by atoms with Crippen LogP contribution in [-0.4, -0.2) is 52.5 Å². The Hall–Kier alpha value is -2.41. The number of benzene rings is 1. The Balaban J connectivity index is 1.35. The number of carbonyl (C=O) groups is 3. The second kappa shape index (κ2) is 7.54. The monoisotopic (exact) mass is 385 g/mol. The molecule has 1 saturated carbocycles. The van der Waals surface area contributed by atoms with Gasteiger partial charge in [-0.15, -0.1) is 0 Å². The zero-order valence-electron chi connectivity index (χ0n) is 15.9. The molecule has 1 aromatic rings. The second-order valence-corrected chi connectivity index (χ2v) is 8.24. The molecule has 2 heterocycles. The summed E-state index contributed by atoms with van der Waals surface area (Å²) in [5.41, 5.74) is 0.305. The van der Waals surface area contributed by atoms with E-state index < -0.39 is 11.6 Å². The quantitative estimate of drug-likeness (QED) is 0.737. The fourth-order valence-electron chi connectivity index (χ4n) is 4.74. The molecule has 1 aromatic carbocycles. The van der Waals surface area contributed by atoms with Gasteiger partial charge in [-0.25, -0.2) is 0 Å². The number of fused-ring (bicyclic) bond motifs is 2. The third-order valence-electron chi connectivity index (χ3n) is 6.48. The van der Waals surface area contributed by atoms with E-state index in [0.29, 0.717) is 30.8 Å². The number of nitrogens with zero attached hydrogens (tertiary/aromatic N) is 1. The highest BCUT2D eigenvalue weighted by atomic mass is 16.3. The van der Waals surface area contributed by atoms with Gasteiger partial charge in [-0.3, -0.25) is 14.4 Å². The zero-order chi connectivity index (χ0) is 19.7. The van der Waals surface area contributed by atoms with E-state index in [1.807, 2.05) is 4.90 Å². The third kappa shape index (κ3) is 3.63. The van der Waals surface area contributed by atoms with Crippen molar-refractivity contribution in [3.63, 3.8) is 0 Å². The lowest BCUT2D eigenvalue weighted by molar-refractivity contribution is -0.143. The van der Waals surface area contributed by atoms with Crippen molar-refractivity contribution >= 4 is 23.4 Å². The van der Waals surface area contributed by atoms with Gasteiger partial charge in [0, 0.05) is 25.4 Å². The van der Waals surface area contributed by atoms with E-state index in [2.05, 4.69) is 10.6 Å². The molecule has 1 saturated heterocycles. The van der Waals surface area contributed by atoms with E-state index in [4.69, 9.17) is 0 Å². The summed E-state index contributed by atoms with van der Waals surface area (Å²) in [4.78, 5) is 39.4. The number of carbonyl (C=O) groups excluding carboxylic acids is 3. The maximum Gasteiger partial charge on any atom is 0.254 e. The summed E-state index contributed by atoms with van der Waals surface area (Å²) >= 11 is 0. The van der Waals surface area contributed by atoms with Crippen molar-refractivity contribution < 1.29 is 19.5 Å². The molecule has 3 N–H and O–H groups in total. The van der Waals surface area contributed by atoms with E-state index >= 15 is 0 Å². The smallest absolute Gasteiger partial charge is 0.254 e. The van der Waals surface area contributed by atoms with Crippen molar-refractivity contribution in [1.29, 1.82) is 0 Å². The number of amides is 3. The first-order valence-electron chi connectivity index (χ1n) is 10.2. The van der Waals surface area contributed by atoms with Crippen molar-refractivity contribution in [2.45, 2.75) is 56.6 Å². The molecule has 150 valence electrons. The summed E-state index contributed by atoms with van der Waals surface area (Å²) in [6.45, 7) is 1.14. The number of piperidine rings is 1. The van der Waals surface area contributed by atoms with Crippen molar-refractivity contribution in [2.24, 2.45) is 5.92 Å². The molecule has 0 aromatic heterocycles. The highest BCUT2D eigenvalue weighted by Crippen LogP contribution is 2.39. The summed E-state index contributed by atoms with van der Waals surface area (Å²) in [5, 5.41) is 16.3. The second-order valence-electron chi connectivity index (χ2n) is 8.24. The Labute approximate surface area is 164 Å². The van der Waals surface area contributed by atoms with Crippen LogP contribution in [0.1, 0.15) is 55.3 Å². The maximum absolute atomic E-state index is 12.7. The van der Waals surface area contributed by atoms with Crippen LogP contribution in [0.5, 0.6) is 0 Å². The Morgan fingerprint density at radius 3 is 2.89 bits per heavy atom. The first-order valence-corrected chi connectivity index (χ1v) is 10.2. The summed E-state index contributed by atoms with van der Waals surface area (Å²) < 4.78 is 0. The van der Waals surface area contributed by atoms with Gasteiger partial charge in [0.2, 0.25) is 11.8 Å². The molecule has 0 spiro atoms. The van der Waals surface area contributed by atoms with E-state index in [9.17, 15) is 19.5 Å². The Kier molecular flexibility index (Phi) is 5.10. The number of aliphatic hydroxyl groups is 1. The SMILES string of the molecule is O=C1N[C@@H](CCC(=O)N2CC[C@@]3(O)CCCC[C@H]3C2)C(=O)Nc2ccccc21. The van der Waals surface area contributed by atoms with E-state index in [-0.39, 0.29) is 36.5 Å². The molecule has 7 heteroatoms. The molecule has 4 rings (SSSR count). The number of likely N-dealkylation sites (tertiary alicyclic amines) is 1. The van der Waals surface area contributed by atoms with Gasteiger partial charge in [0.25, 0.3) is 5.91 Å². The Morgan fingerprint density at radius 1 is 1.21 bits per heavy atom. The lowest BCUT2D eigenvalue weighted by atomic mass is 9.71. The van der Waals surface area contributed by atoms with E-state index in [0.717, 1.165) is 25.7 Å². The van der Waals surface area contributed by atoms with E-state index in [1.54, 1.807) is 24.3 Å². The fraction of sp³-hybridized carbons (Fsp3) is 0.571. The van der Waals surface area contributed by atoms with Crippen LogP contribution < -0.4 is 10.6 Å². The van der Waals surface area contributed by atoms with Crippen LogP contribution in [-0.2, 0) is 9.59 Å². The van der Waals surface area contributed by atoms with E-state index in [1.165, 1.54) is 0 Å². The summed E-state index contributed by atoms with van der Waals surface area (Å²) in [5.74, 6) is -0.478. The molecule has 3 amide bonds. The summed E-state index contributed by atoms with van der Waals surface area (Å²) in [6, 6.07) is 6.13. The minimum atomic E-state index is -0.736. The summed E-state index contributed by atoms with van der Waals surface area (Å²) in [6.07, 6.45) is 5.02. The topological polar surface area (TPSA) is 98.7 Å². The van der Waals surface area contributed by atoms with Crippen molar-refractivity contribution in [3.05, 3.63) is 29.8 Å². The number of rotatable bonds is 3. The van der Waals surface area contributed by atoms with Crippen LogP contribution in [0.4, 0.5) is 5.69 Å². The van der Waals surface area contributed by atoms with Crippen LogP contribution in [0.2, 0.25) is 0 Å². The van der Waals surface area contributed by atoms with Crippen LogP contribution in [0, 0.1) is 5.92 Å². The Morgan fingerprint density at radius 2 is 2.04 bits per heavy atom.